The molecule has 0 atom stereocenters. The van der Waals surface area contributed by atoms with Crippen LogP contribution in [0.25, 0.3) is 27.6 Å². The van der Waals surface area contributed by atoms with Gasteiger partial charge >= 0.3 is 21.1 Å². The largest absolute Gasteiger partial charge is 4.00 e. The van der Waals surface area contributed by atoms with Gasteiger partial charge in [-0.05, 0) is 91.9 Å². The Bertz CT molecular complexity index is 2960. The quantitative estimate of drug-likeness (QED) is 0.149. The second-order valence-corrected chi connectivity index (χ2v) is 20.4. The summed E-state index contributed by atoms with van der Waals surface area (Å²) in [5.41, 5.74) is 12.3. The van der Waals surface area contributed by atoms with Crippen molar-refractivity contribution in [1.29, 1.82) is 0 Å². The fourth-order valence-electron chi connectivity index (χ4n) is 8.53. The SMILES string of the molecule is CC(C)(C)c1cc(N2[CH-]N(c3[c-]c(Oc4[c-]c5c(cc4)c4cc(C(C)(C)C)ccc4n5-c4cc(C(C)(C)C)ccn4)ccc3)c3ccccc32)cc(C(C)(C)c2ccccc2)c1.[CH3-].[Pt+4]. The third-order valence-electron chi connectivity index (χ3n) is 12.5. The molecule has 8 aromatic rings. The summed E-state index contributed by atoms with van der Waals surface area (Å²) in [6, 6.07) is 55.1. The summed E-state index contributed by atoms with van der Waals surface area (Å²) in [5, 5.41) is 2.27. The molecule has 5 nitrogen and oxygen atoms in total. The van der Waals surface area contributed by atoms with Gasteiger partial charge in [-0.25, -0.2) is 4.98 Å². The van der Waals surface area contributed by atoms with Crippen LogP contribution in [0, 0.1) is 26.2 Å². The number of pyridine rings is 1. The van der Waals surface area contributed by atoms with E-state index in [1.807, 2.05) is 24.4 Å². The molecule has 0 bridgehead atoms. The van der Waals surface area contributed by atoms with Gasteiger partial charge < -0.3 is 26.5 Å². The molecule has 0 spiro atoms. The Balaban J connectivity index is 0.00000306. The fraction of sp³-hybridized carbons (Fsp3) is 0.259. The average Bonchev–Trinajstić information content (AvgIpc) is 3.79. The molecule has 0 saturated carbocycles. The number of fused-ring (bicyclic) bond motifs is 4. The molecule has 0 N–H and O–H groups in total. The monoisotopic (exact) mass is 1020 g/mol. The summed E-state index contributed by atoms with van der Waals surface area (Å²) in [5.74, 6) is 2.08. The smallest absolute Gasteiger partial charge is 0.509 e. The predicted molar refractivity (Wildman–Crippen MR) is 265 cm³/mol. The molecule has 2 aromatic heterocycles. The van der Waals surface area contributed by atoms with Crippen LogP contribution in [-0.4, -0.2) is 9.55 Å². The maximum absolute atomic E-state index is 6.68. The van der Waals surface area contributed by atoms with Crippen LogP contribution in [0.2, 0.25) is 0 Å². The molecule has 1 aliphatic heterocycles. The van der Waals surface area contributed by atoms with Crippen molar-refractivity contribution in [2.75, 3.05) is 9.80 Å². The van der Waals surface area contributed by atoms with Crippen LogP contribution in [0.1, 0.15) is 104 Å². The van der Waals surface area contributed by atoms with Crippen molar-refractivity contribution in [3.8, 4) is 17.3 Å². The Morgan fingerprint density at radius 2 is 1.14 bits per heavy atom. The van der Waals surface area contributed by atoms with E-state index in [-0.39, 0.29) is 50.2 Å². The second kappa shape index (κ2) is 17.1. The van der Waals surface area contributed by atoms with E-state index in [0.717, 1.165) is 45.0 Å². The molecule has 6 aromatic carbocycles. The molecule has 0 saturated heterocycles. The summed E-state index contributed by atoms with van der Waals surface area (Å²) in [6.45, 7) is 27.2. The molecular formula is C58H60N4OPt. The maximum Gasteiger partial charge on any atom is 4.00 e. The van der Waals surface area contributed by atoms with Crippen LogP contribution in [0.4, 0.5) is 22.7 Å². The third kappa shape index (κ3) is 8.64. The molecule has 0 fully saturated rings. The van der Waals surface area contributed by atoms with Crippen LogP contribution >= 0.6 is 0 Å². The molecule has 64 heavy (non-hydrogen) atoms. The predicted octanol–water partition coefficient (Wildman–Crippen LogP) is 15.6. The Labute approximate surface area is 396 Å². The van der Waals surface area contributed by atoms with Gasteiger partial charge in [0.2, 0.25) is 0 Å². The van der Waals surface area contributed by atoms with E-state index in [1.165, 1.54) is 33.2 Å². The van der Waals surface area contributed by atoms with Gasteiger partial charge in [-0.15, -0.1) is 48.1 Å². The first-order valence-corrected chi connectivity index (χ1v) is 21.8. The van der Waals surface area contributed by atoms with Crippen molar-refractivity contribution >= 4 is 44.6 Å². The van der Waals surface area contributed by atoms with Crippen molar-refractivity contribution < 1.29 is 25.8 Å². The number of para-hydroxylation sites is 2. The Morgan fingerprint density at radius 3 is 1.83 bits per heavy atom. The number of nitrogens with zero attached hydrogens (tertiary/aromatic N) is 4. The Hall–Kier alpha value is -5.64. The van der Waals surface area contributed by atoms with Crippen LogP contribution in [0.15, 0.2) is 140 Å². The van der Waals surface area contributed by atoms with E-state index in [0.29, 0.717) is 11.5 Å². The Kier molecular flexibility index (Phi) is 12.4. The minimum Gasteiger partial charge on any atom is -0.509 e. The van der Waals surface area contributed by atoms with E-state index in [1.54, 1.807) is 0 Å². The van der Waals surface area contributed by atoms with E-state index < -0.39 is 0 Å². The van der Waals surface area contributed by atoms with Gasteiger partial charge in [0, 0.05) is 45.7 Å². The van der Waals surface area contributed by atoms with Crippen molar-refractivity contribution in [3.63, 3.8) is 0 Å². The first kappa shape index (κ1) is 46.4. The van der Waals surface area contributed by atoms with Crippen molar-refractivity contribution in [3.05, 3.63) is 194 Å². The molecule has 0 radical (unpaired) electrons. The zero-order valence-electron chi connectivity index (χ0n) is 39.4. The molecule has 1 aliphatic rings. The minimum absolute atomic E-state index is 0. The van der Waals surface area contributed by atoms with Gasteiger partial charge in [0.05, 0.1) is 0 Å². The summed E-state index contributed by atoms with van der Waals surface area (Å²) < 4.78 is 8.91. The zero-order chi connectivity index (χ0) is 43.8. The van der Waals surface area contributed by atoms with Crippen LogP contribution in [0.5, 0.6) is 11.5 Å². The van der Waals surface area contributed by atoms with Gasteiger partial charge in [-0.1, -0.05) is 142 Å². The molecule has 328 valence electrons. The van der Waals surface area contributed by atoms with Gasteiger partial charge in [0.25, 0.3) is 0 Å². The molecule has 0 unspecified atom stereocenters. The zero-order valence-corrected chi connectivity index (χ0v) is 41.6. The summed E-state index contributed by atoms with van der Waals surface area (Å²) in [7, 11) is 0. The molecule has 0 aliphatic carbocycles. The number of hydrogen-bond acceptors (Lipinski definition) is 4. The minimum atomic E-state index is -0.202. The number of aromatic nitrogens is 2. The number of ether oxygens (including phenoxy) is 1. The maximum atomic E-state index is 6.68. The van der Waals surface area contributed by atoms with E-state index in [9.17, 15) is 0 Å². The Morgan fingerprint density at radius 1 is 0.516 bits per heavy atom. The van der Waals surface area contributed by atoms with E-state index in [4.69, 9.17) is 9.72 Å². The van der Waals surface area contributed by atoms with Gasteiger partial charge in [-0.3, -0.25) is 0 Å². The second-order valence-electron chi connectivity index (χ2n) is 20.4. The summed E-state index contributed by atoms with van der Waals surface area (Å²) in [6.07, 6.45) is 1.91. The van der Waals surface area contributed by atoms with E-state index in [2.05, 4.69) is 225 Å². The van der Waals surface area contributed by atoms with Crippen molar-refractivity contribution in [2.24, 2.45) is 0 Å². The van der Waals surface area contributed by atoms with Crippen molar-refractivity contribution in [1.82, 2.24) is 9.55 Å². The van der Waals surface area contributed by atoms with Crippen LogP contribution in [-0.2, 0) is 42.7 Å². The average molecular weight is 1020 g/mol. The molecule has 0 amide bonds. The molecule has 3 heterocycles. The third-order valence-corrected chi connectivity index (χ3v) is 12.5. The molecule has 6 heteroatoms. The first-order valence-electron chi connectivity index (χ1n) is 21.8. The van der Waals surface area contributed by atoms with Crippen molar-refractivity contribution in [2.45, 2.75) is 97.8 Å². The van der Waals surface area contributed by atoms with E-state index >= 15 is 0 Å². The van der Waals surface area contributed by atoms with Gasteiger partial charge in [-0.2, -0.15) is 12.1 Å². The molecular weight excluding hydrogens is 964 g/mol. The number of anilines is 4. The van der Waals surface area contributed by atoms with Crippen LogP contribution < -0.4 is 14.5 Å². The summed E-state index contributed by atoms with van der Waals surface area (Å²) >= 11 is 0. The number of hydrogen-bond donors (Lipinski definition) is 0. The fourth-order valence-corrected chi connectivity index (χ4v) is 8.53. The van der Waals surface area contributed by atoms with Crippen LogP contribution in [0.3, 0.4) is 0 Å². The topological polar surface area (TPSA) is 33.5 Å². The molecule has 9 rings (SSSR count). The summed E-state index contributed by atoms with van der Waals surface area (Å²) in [4.78, 5) is 9.43. The number of benzene rings is 6. The first-order chi connectivity index (χ1) is 29.4. The van der Waals surface area contributed by atoms with Gasteiger partial charge in [0.1, 0.15) is 5.82 Å². The normalized spacial score (nSPS) is 13.2. The van der Waals surface area contributed by atoms with Gasteiger partial charge in [0.15, 0.2) is 0 Å². The number of rotatable bonds is 7. The standard InChI is InChI=1S/C57H57N4O.CH3.Pt/c1-54(2,3)39-24-27-49-48(33-39)47-26-25-46(36-52(47)61(49)53-34-40(28-29-58-53)55(4,5)6)62-45-21-17-20-43(35-45)59-37-60(51-23-16-15-22-50(51)59)44-31-41(56(7,8)9)30-42(32-44)57(10,11)38-18-13-12-14-19-38;;/h12-34,37H,1-11H3;1H3;/q-3;-1;+4.